The Hall–Kier alpha value is -1.88. The SMILES string of the molecule is O=COc1cc2c(Cl)ncnc2cc1O. The van der Waals surface area contributed by atoms with Crippen molar-refractivity contribution in [2.24, 2.45) is 0 Å². The van der Waals surface area contributed by atoms with Gasteiger partial charge in [-0.15, -0.1) is 0 Å². The zero-order chi connectivity index (χ0) is 10.8. The van der Waals surface area contributed by atoms with Crippen LogP contribution in [-0.4, -0.2) is 21.5 Å². The number of halogens is 1. The van der Waals surface area contributed by atoms with Gasteiger partial charge in [-0.3, -0.25) is 4.79 Å². The van der Waals surface area contributed by atoms with E-state index in [2.05, 4.69) is 14.7 Å². The summed E-state index contributed by atoms with van der Waals surface area (Å²) in [5.74, 6) is -0.154. The van der Waals surface area contributed by atoms with Crippen molar-refractivity contribution in [1.82, 2.24) is 9.97 Å². The molecule has 0 aliphatic rings. The zero-order valence-electron chi connectivity index (χ0n) is 7.35. The Morgan fingerprint density at radius 3 is 2.93 bits per heavy atom. The Labute approximate surface area is 89.3 Å². The van der Waals surface area contributed by atoms with Crippen LogP contribution in [0.4, 0.5) is 0 Å². The van der Waals surface area contributed by atoms with Crippen LogP contribution in [-0.2, 0) is 4.79 Å². The molecule has 2 aromatic rings. The molecular weight excluding hydrogens is 220 g/mol. The molecule has 0 bridgehead atoms. The molecule has 0 radical (unpaired) electrons. The van der Waals surface area contributed by atoms with Crippen molar-refractivity contribution < 1.29 is 14.6 Å². The number of nitrogens with zero attached hydrogens (tertiary/aromatic N) is 2. The minimum atomic E-state index is -0.177. The minimum Gasteiger partial charge on any atom is -0.504 e. The molecule has 76 valence electrons. The molecule has 1 N–H and O–H groups in total. The quantitative estimate of drug-likeness (QED) is 0.619. The summed E-state index contributed by atoms with van der Waals surface area (Å²) in [4.78, 5) is 17.8. The standard InChI is InChI=1S/C9H5ClN2O3/c10-9-5-1-8(15-4-13)7(14)2-6(5)11-3-12-9/h1-4,14H. The number of hydrogen-bond acceptors (Lipinski definition) is 5. The molecular formula is C9H5ClN2O3. The van der Waals surface area contributed by atoms with Gasteiger partial charge in [0.1, 0.15) is 11.5 Å². The van der Waals surface area contributed by atoms with E-state index in [0.717, 1.165) is 0 Å². The summed E-state index contributed by atoms with van der Waals surface area (Å²) in [6, 6.07) is 2.75. The Morgan fingerprint density at radius 1 is 1.40 bits per heavy atom. The van der Waals surface area contributed by atoms with E-state index in [1.165, 1.54) is 18.5 Å². The molecule has 0 spiro atoms. The predicted octanol–water partition coefficient (Wildman–Crippen LogP) is 1.52. The Kier molecular flexibility index (Phi) is 2.39. The van der Waals surface area contributed by atoms with Crippen molar-refractivity contribution in [3.63, 3.8) is 0 Å². The fraction of sp³-hybridized carbons (Fsp3) is 0. The Bertz CT molecular complexity index is 530. The first-order valence-corrected chi connectivity index (χ1v) is 4.33. The molecule has 0 saturated heterocycles. The highest BCUT2D eigenvalue weighted by atomic mass is 35.5. The van der Waals surface area contributed by atoms with Gasteiger partial charge in [-0.25, -0.2) is 9.97 Å². The lowest BCUT2D eigenvalue weighted by Crippen LogP contribution is -1.91. The fourth-order valence-electron chi connectivity index (χ4n) is 1.19. The van der Waals surface area contributed by atoms with Crippen LogP contribution in [0, 0.1) is 0 Å². The monoisotopic (exact) mass is 224 g/mol. The lowest BCUT2D eigenvalue weighted by molar-refractivity contribution is -0.120. The average molecular weight is 225 g/mol. The number of carbonyl (C=O) groups excluding carboxylic acids is 1. The first-order valence-electron chi connectivity index (χ1n) is 3.96. The number of hydrogen-bond donors (Lipinski definition) is 1. The number of benzene rings is 1. The molecule has 15 heavy (non-hydrogen) atoms. The van der Waals surface area contributed by atoms with Crippen LogP contribution in [0.3, 0.4) is 0 Å². The maximum atomic E-state index is 10.1. The molecule has 0 unspecified atom stereocenters. The predicted molar refractivity (Wildman–Crippen MR) is 52.9 cm³/mol. The van der Waals surface area contributed by atoms with Crippen molar-refractivity contribution in [2.45, 2.75) is 0 Å². The normalized spacial score (nSPS) is 10.2. The zero-order valence-corrected chi connectivity index (χ0v) is 8.10. The van der Waals surface area contributed by atoms with Crippen LogP contribution in [0.15, 0.2) is 18.5 Å². The van der Waals surface area contributed by atoms with Crippen molar-refractivity contribution in [1.29, 1.82) is 0 Å². The number of phenolic OH excluding ortho intramolecular Hbond substituents is 1. The lowest BCUT2D eigenvalue weighted by Gasteiger charge is -2.04. The Morgan fingerprint density at radius 2 is 2.20 bits per heavy atom. The second-order valence-electron chi connectivity index (χ2n) is 2.72. The highest BCUT2D eigenvalue weighted by molar-refractivity contribution is 6.34. The van der Waals surface area contributed by atoms with Gasteiger partial charge in [0.05, 0.1) is 5.52 Å². The number of phenols is 1. The van der Waals surface area contributed by atoms with Gasteiger partial charge in [0.15, 0.2) is 11.5 Å². The number of aromatic nitrogens is 2. The third-order valence-electron chi connectivity index (χ3n) is 1.84. The number of aromatic hydroxyl groups is 1. The summed E-state index contributed by atoms with van der Waals surface area (Å²) >= 11 is 5.80. The van der Waals surface area contributed by atoms with Crippen molar-refractivity contribution in [2.75, 3.05) is 0 Å². The van der Waals surface area contributed by atoms with Crippen LogP contribution >= 0.6 is 11.6 Å². The third-order valence-corrected chi connectivity index (χ3v) is 2.14. The van der Waals surface area contributed by atoms with Gasteiger partial charge >= 0.3 is 0 Å². The van der Waals surface area contributed by atoms with Crippen LogP contribution in [0.1, 0.15) is 0 Å². The molecule has 0 aliphatic heterocycles. The molecule has 1 aromatic heterocycles. The molecule has 6 heteroatoms. The van der Waals surface area contributed by atoms with E-state index in [4.69, 9.17) is 11.6 Å². The molecule has 0 saturated carbocycles. The largest absolute Gasteiger partial charge is 0.504 e. The van der Waals surface area contributed by atoms with E-state index in [-0.39, 0.29) is 23.1 Å². The van der Waals surface area contributed by atoms with Crippen LogP contribution in [0.2, 0.25) is 5.15 Å². The number of ether oxygens (including phenoxy) is 1. The number of carbonyl (C=O) groups is 1. The fourth-order valence-corrected chi connectivity index (χ4v) is 1.38. The van der Waals surface area contributed by atoms with Crippen molar-refractivity contribution in [3.05, 3.63) is 23.6 Å². The molecule has 0 atom stereocenters. The molecule has 5 nitrogen and oxygen atoms in total. The molecule has 0 amide bonds. The average Bonchev–Trinajstić information content (AvgIpc) is 2.21. The van der Waals surface area contributed by atoms with Crippen molar-refractivity contribution in [3.8, 4) is 11.5 Å². The van der Waals surface area contributed by atoms with Crippen LogP contribution in [0.5, 0.6) is 11.5 Å². The first kappa shape index (κ1) is 9.67. The van der Waals surface area contributed by atoms with Gasteiger partial charge < -0.3 is 9.84 Å². The van der Waals surface area contributed by atoms with E-state index in [0.29, 0.717) is 10.9 Å². The minimum absolute atomic E-state index is 0.0224. The first-order chi connectivity index (χ1) is 7.22. The third kappa shape index (κ3) is 1.69. The van der Waals surface area contributed by atoms with Gasteiger partial charge in [-0.2, -0.15) is 0 Å². The van der Waals surface area contributed by atoms with Gasteiger partial charge in [0, 0.05) is 11.5 Å². The second kappa shape index (κ2) is 3.70. The summed E-state index contributed by atoms with van der Waals surface area (Å²) in [6.45, 7) is 0.221. The second-order valence-corrected chi connectivity index (χ2v) is 3.07. The van der Waals surface area contributed by atoms with Gasteiger partial charge in [-0.1, -0.05) is 11.6 Å². The lowest BCUT2D eigenvalue weighted by atomic mass is 10.2. The van der Waals surface area contributed by atoms with E-state index in [1.54, 1.807) is 0 Å². The topological polar surface area (TPSA) is 72.3 Å². The molecule has 2 rings (SSSR count). The van der Waals surface area contributed by atoms with Gasteiger partial charge in [0.2, 0.25) is 0 Å². The summed E-state index contributed by atoms with van der Waals surface area (Å²) in [5, 5.41) is 10.2. The highest BCUT2D eigenvalue weighted by Crippen LogP contribution is 2.32. The molecule has 1 heterocycles. The maximum Gasteiger partial charge on any atom is 0.298 e. The van der Waals surface area contributed by atoms with Crippen LogP contribution in [0.25, 0.3) is 10.9 Å². The maximum absolute atomic E-state index is 10.1. The molecule has 1 aromatic carbocycles. The van der Waals surface area contributed by atoms with E-state index >= 15 is 0 Å². The highest BCUT2D eigenvalue weighted by Gasteiger charge is 2.08. The summed E-state index contributed by atoms with van der Waals surface area (Å²) in [7, 11) is 0. The number of rotatable bonds is 2. The van der Waals surface area contributed by atoms with Crippen molar-refractivity contribution >= 4 is 29.0 Å². The summed E-state index contributed by atoms with van der Waals surface area (Å²) in [5.41, 5.74) is 0.478. The van der Waals surface area contributed by atoms with Gasteiger partial charge in [0.25, 0.3) is 6.47 Å². The smallest absolute Gasteiger partial charge is 0.298 e. The van der Waals surface area contributed by atoms with Gasteiger partial charge in [-0.05, 0) is 6.07 Å². The van der Waals surface area contributed by atoms with E-state index in [1.807, 2.05) is 0 Å². The summed E-state index contributed by atoms with van der Waals surface area (Å²) < 4.78 is 4.55. The molecule has 0 aliphatic carbocycles. The van der Waals surface area contributed by atoms with E-state index in [9.17, 15) is 9.90 Å². The summed E-state index contributed by atoms with van der Waals surface area (Å²) in [6.07, 6.45) is 1.28. The molecule has 0 fully saturated rings. The van der Waals surface area contributed by atoms with Crippen LogP contribution < -0.4 is 4.74 Å². The Balaban J connectivity index is 2.71. The number of fused-ring (bicyclic) bond motifs is 1. The van der Waals surface area contributed by atoms with E-state index < -0.39 is 0 Å².